The molecule has 0 unspecified atom stereocenters. The molecule has 10 rings (SSSR count). The maximum absolute atomic E-state index is 4.82. The molecule has 0 saturated heterocycles. The first-order valence-corrected chi connectivity index (χ1v) is 13.9. The molecule has 1 nitrogen and oxygen atoms in total. The lowest BCUT2D eigenvalue weighted by atomic mass is 9.88. The van der Waals surface area contributed by atoms with Gasteiger partial charge < -0.3 is 0 Å². The molecule has 0 spiro atoms. The third-order valence-corrected chi connectivity index (χ3v) is 9.17. The summed E-state index contributed by atoms with van der Waals surface area (Å²) < 4.78 is 0. The van der Waals surface area contributed by atoms with Crippen LogP contribution in [0.5, 0.6) is 0 Å². The van der Waals surface area contributed by atoms with E-state index in [1.54, 1.807) is 0 Å². The zero-order valence-electron chi connectivity index (χ0n) is 21.6. The molecular formula is C39H21N. The van der Waals surface area contributed by atoms with Gasteiger partial charge in [-0.05, 0) is 106 Å². The summed E-state index contributed by atoms with van der Waals surface area (Å²) in [6.45, 7) is 0. The molecule has 1 heteroatoms. The SMILES string of the molecule is c1cnc2c(c1)-c1cccc3c1c-2cc1c2ccccc2c(-c2ccc4c(c2)-c2cccc5cccc-4c25)cc31. The topological polar surface area (TPSA) is 12.9 Å². The number of rotatable bonds is 1. The van der Waals surface area contributed by atoms with E-state index in [1.807, 2.05) is 12.3 Å². The van der Waals surface area contributed by atoms with Crippen molar-refractivity contribution in [2.45, 2.75) is 0 Å². The van der Waals surface area contributed by atoms with Crippen molar-refractivity contribution in [3.05, 3.63) is 128 Å². The Labute approximate surface area is 231 Å². The molecule has 0 bridgehead atoms. The van der Waals surface area contributed by atoms with Gasteiger partial charge >= 0.3 is 0 Å². The number of aromatic nitrogens is 1. The summed E-state index contributed by atoms with van der Waals surface area (Å²) >= 11 is 0. The van der Waals surface area contributed by atoms with Gasteiger partial charge in [0, 0.05) is 17.3 Å². The summed E-state index contributed by atoms with van der Waals surface area (Å²) in [5, 5.41) is 10.5. The highest BCUT2D eigenvalue weighted by Crippen LogP contribution is 2.51. The van der Waals surface area contributed by atoms with Gasteiger partial charge in [0.25, 0.3) is 0 Å². The lowest BCUT2D eigenvalue weighted by Gasteiger charge is -2.15. The molecule has 0 atom stereocenters. The number of hydrogen-bond acceptors (Lipinski definition) is 1. The molecule has 0 amide bonds. The lowest BCUT2D eigenvalue weighted by Crippen LogP contribution is -1.88. The van der Waals surface area contributed by atoms with Gasteiger partial charge in [0.2, 0.25) is 0 Å². The average molecular weight is 504 g/mol. The van der Waals surface area contributed by atoms with E-state index < -0.39 is 0 Å². The van der Waals surface area contributed by atoms with Gasteiger partial charge in [0.15, 0.2) is 0 Å². The molecule has 7 aromatic carbocycles. The largest absolute Gasteiger partial charge is 0.256 e. The molecule has 0 radical (unpaired) electrons. The predicted octanol–water partition coefficient (Wildman–Crippen LogP) is 10.7. The zero-order chi connectivity index (χ0) is 25.9. The van der Waals surface area contributed by atoms with Crippen LogP contribution in [0.4, 0.5) is 0 Å². The van der Waals surface area contributed by atoms with E-state index in [0.717, 1.165) is 5.69 Å². The Balaban J connectivity index is 1.31. The van der Waals surface area contributed by atoms with Crippen LogP contribution >= 0.6 is 0 Å². The van der Waals surface area contributed by atoms with Crippen LogP contribution in [-0.4, -0.2) is 4.98 Å². The first-order valence-electron chi connectivity index (χ1n) is 13.9. The van der Waals surface area contributed by atoms with E-state index in [4.69, 9.17) is 4.98 Å². The average Bonchev–Trinajstić information content (AvgIpc) is 3.52. The van der Waals surface area contributed by atoms with Crippen LogP contribution in [0.15, 0.2) is 128 Å². The Morgan fingerprint density at radius 1 is 0.350 bits per heavy atom. The molecule has 0 N–H and O–H groups in total. The van der Waals surface area contributed by atoms with Crippen molar-refractivity contribution in [3.63, 3.8) is 0 Å². The number of fused-ring (bicyclic) bond motifs is 10. The summed E-state index contributed by atoms with van der Waals surface area (Å²) in [6.07, 6.45) is 1.91. The Morgan fingerprint density at radius 2 is 1.02 bits per heavy atom. The first-order chi connectivity index (χ1) is 19.8. The second kappa shape index (κ2) is 7.22. The molecule has 8 aromatic rings. The van der Waals surface area contributed by atoms with E-state index in [0.29, 0.717) is 0 Å². The third-order valence-electron chi connectivity index (χ3n) is 9.17. The zero-order valence-corrected chi connectivity index (χ0v) is 21.6. The van der Waals surface area contributed by atoms with Crippen molar-refractivity contribution in [1.29, 1.82) is 0 Å². The number of pyridine rings is 1. The van der Waals surface area contributed by atoms with Gasteiger partial charge in [-0.25, -0.2) is 0 Å². The van der Waals surface area contributed by atoms with Crippen LogP contribution in [0.25, 0.3) is 98.9 Å². The minimum absolute atomic E-state index is 1.09. The van der Waals surface area contributed by atoms with Crippen molar-refractivity contribution in [3.8, 4) is 55.8 Å². The number of benzene rings is 7. The van der Waals surface area contributed by atoms with Crippen molar-refractivity contribution >= 4 is 43.1 Å². The van der Waals surface area contributed by atoms with Gasteiger partial charge in [0.1, 0.15) is 0 Å². The molecule has 182 valence electrons. The minimum Gasteiger partial charge on any atom is -0.256 e. The van der Waals surface area contributed by atoms with Gasteiger partial charge in [-0.2, -0.15) is 0 Å². The Kier molecular flexibility index (Phi) is 3.73. The second-order valence-corrected chi connectivity index (χ2v) is 11.1. The highest BCUT2D eigenvalue weighted by atomic mass is 14.7. The Bertz CT molecular complexity index is 2420. The first kappa shape index (κ1) is 20.7. The molecular weight excluding hydrogens is 482 g/mol. The van der Waals surface area contributed by atoms with Gasteiger partial charge in [-0.1, -0.05) is 97.1 Å². The normalized spacial score (nSPS) is 12.5. The molecule has 2 aliphatic carbocycles. The monoisotopic (exact) mass is 503 g/mol. The minimum atomic E-state index is 1.09. The molecule has 0 fully saturated rings. The number of hydrogen-bond donors (Lipinski definition) is 0. The van der Waals surface area contributed by atoms with Gasteiger partial charge in [-0.3, -0.25) is 4.98 Å². The molecule has 0 aliphatic heterocycles. The third kappa shape index (κ3) is 2.46. The molecule has 1 heterocycles. The summed E-state index contributed by atoms with van der Waals surface area (Å²) in [5.41, 5.74) is 12.7. The molecule has 1 aromatic heterocycles. The predicted molar refractivity (Wildman–Crippen MR) is 169 cm³/mol. The summed E-state index contributed by atoms with van der Waals surface area (Å²) in [7, 11) is 0. The van der Waals surface area contributed by atoms with Crippen LogP contribution < -0.4 is 0 Å². The highest BCUT2D eigenvalue weighted by Gasteiger charge is 2.25. The van der Waals surface area contributed by atoms with E-state index >= 15 is 0 Å². The molecule has 40 heavy (non-hydrogen) atoms. The van der Waals surface area contributed by atoms with E-state index in [-0.39, 0.29) is 0 Å². The standard InChI is InChI=1S/C39H21N/c1-2-10-25-24(9-1)32(23-16-17-26-27-11-3-7-22-8-4-12-29(37(22)27)33(26)19-23)20-35-30-14-5-13-28-31-15-6-18-40-39(31)36(38(28)30)21-34(25)35/h1-21H. The highest BCUT2D eigenvalue weighted by molar-refractivity contribution is 6.28. The van der Waals surface area contributed by atoms with Crippen LogP contribution in [0, 0.1) is 0 Å². The van der Waals surface area contributed by atoms with E-state index in [2.05, 4.69) is 115 Å². The van der Waals surface area contributed by atoms with E-state index in [9.17, 15) is 0 Å². The van der Waals surface area contributed by atoms with Crippen LogP contribution in [0.1, 0.15) is 0 Å². The van der Waals surface area contributed by atoms with Crippen LogP contribution in [0.3, 0.4) is 0 Å². The lowest BCUT2D eigenvalue weighted by molar-refractivity contribution is 1.35. The Hall–Kier alpha value is -5.27. The smallest absolute Gasteiger partial charge is 0.0787 e. The second-order valence-electron chi connectivity index (χ2n) is 11.1. The van der Waals surface area contributed by atoms with Crippen molar-refractivity contribution in [2.75, 3.05) is 0 Å². The van der Waals surface area contributed by atoms with Crippen LogP contribution in [0.2, 0.25) is 0 Å². The van der Waals surface area contributed by atoms with E-state index in [1.165, 1.54) is 93.2 Å². The maximum atomic E-state index is 4.82. The summed E-state index contributed by atoms with van der Waals surface area (Å²) in [4.78, 5) is 4.82. The summed E-state index contributed by atoms with van der Waals surface area (Å²) in [5.74, 6) is 0. The fourth-order valence-corrected chi connectivity index (χ4v) is 7.51. The molecule has 0 saturated carbocycles. The molecule has 2 aliphatic rings. The number of nitrogens with zero attached hydrogens (tertiary/aromatic N) is 1. The maximum Gasteiger partial charge on any atom is 0.0787 e. The Morgan fingerprint density at radius 3 is 1.90 bits per heavy atom. The van der Waals surface area contributed by atoms with Crippen molar-refractivity contribution in [1.82, 2.24) is 4.98 Å². The van der Waals surface area contributed by atoms with Crippen molar-refractivity contribution < 1.29 is 0 Å². The van der Waals surface area contributed by atoms with Crippen molar-refractivity contribution in [2.24, 2.45) is 0 Å². The van der Waals surface area contributed by atoms with Gasteiger partial charge in [0.05, 0.1) is 5.69 Å². The van der Waals surface area contributed by atoms with Crippen LogP contribution in [-0.2, 0) is 0 Å². The fourth-order valence-electron chi connectivity index (χ4n) is 7.51. The summed E-state index contributed by atoms with van der Waals surface area (Å²) in [6, 6.07) is 45.1. The quantitative estimate of drug-likeness (QED) is 0.203. The fraction of sp³-hybridized carbons (Fsp3) is 0. The van der Waals surface area contributed by atoms with Gasteiger partial charge in [-0.15, -0.1) is 0 Å².